The van der Waals surface area contributed by atoms with Crippen molar-refractivity contribution in [1.82, 2.24) is 19.8 Å². The van der Waals surface area contributed by atoms with Gasteiger partial charge in [-0.1, -0.05) is 25.3 Å². The third kappa shape index (κ3) is 2.46. The topological polar surface area (TPSA) is 58.1 Å². The van der Waals surface area contributed by atoms with Gasteiger partial charge in [0.2, 0.25) is 0 Å². The number of carbonyl (C=O) groups excluding carboxylic acids is 1. The Hall–Kier alpha value is -1.01. The van der Waals surface area contributed by atoms with Crippen LogP contribution in [0.15, 0.2) is 0 Å². The Morgan fingerprint density at radius 1 is 1.40 bits per heavy atom. The average molecular weight is 294 g/mol. The highest BCUT2D eigenvalue weighted by molar-refractivity contribution is 7.08. The number of amides is 1. The number of hydrogen-bond acceptors (Lipinski definition) is 5. The molecule has 1 N–H and O–H groups in total. The maximum atomic E-state index is 12.7. The summed E-state index contributed by atoms with van der Waals surface area (Å²) in [4.78, 5) is 15.5. The van der Waals surface area contributed by atoms with E-state index in [9.17, 15) is 4.79 Å². The molecule has 1 aromatic rings. The van der Waals surface area contributed by atoms with Crippen LogP contribution in [0.5, 0.6) is 0 Å². The molecular formula is C14H22N4OS. The van der Waals surface area contributed by atoms with E-state index in [-0.39, 0.29) is 11.3 Å². The Bertz CT molecular complexity index is 494. The van der Waals surface area contributed by atoms with E-state index in [1.54, 1.807) is 0 Å². The number of hydrogen-bond donors (Lipinski definition) is 1. The number of rotatable bonds is 1. The van der Waals surface area contributed by atoms with E-state index >= 15 is 0 Å². The second-order valence-electron chi connectivity index (χ2n) is 6.87. The number of aromatic nitrogens is 2. The highest BCUT2D eigenvalue weighted by Gasteiger charge is 2.38. The van der Waals surface area contributed by atoms with Gasteiger partial charge < -0.3 is 10.2 Å². The lowest BCUT2D eigenvalue weighted by Gasteiger charge is -2.24. The molecule has 2 aliphatic heterocycles. The average Bonchev–Trinajstić information content (AvgIpc) is 3.03. The van der Waals surface area contributed by atoms with Gasteiger partial charge in [-0.15, -0.1) is 5.10 Å². The van der Waals surface area contributed by atoms with E-state index in [1.165, 1.54) is 24.4 Å². The van der Waals surface area contributed by atoms with Gasteiger partial charge in [0.1, 0.15) is 4.88 Å². The van der Waals surface area contributed by atoms with Crippen LogP contribution in [0.3, 0.4) is 0 Å². The van der Waals surface area contributed by atoms with Gasteiger partial charge in [0.15, 0.2) is 0 Å². The zero-order valence-electron chi connectivity index (χ0n) is 12.3. The fraction of sp³-hybridized carbons (Fsp3) is 0.786. The Morgan fingerprint density at radius 3 is 2.90 bits per heavy atom. The van der Waals surface area contributed by atoms with E-state index in [0.717, 1.165) is 30.2 Å². The summed E-state index contributed by atoms with van der Waals surface area (Å²) < 4.78 is 4.00. The van der Waals surface area contributed by atoms with Crippen LogP contribution in [-0.2, 0) is 5.41 Å². The van der Waals surface area contributed by atoms with E-state index < -0.39 is 0 Å². The van der Waals surface area contributed by atoms with Crippen LogP contribution in [0, 0.1) is 5.92 Å². The maximum absolute atomic E-state index is 12.7. The number of nitrogens with zero attached hydrogens (tertiary/aromatic N) is 3. The Morgan fingerprint density at radius 2 is 2.20 bits per heavy atom. The first-order chi connectivity index (χ1) is 9.47. The SMILES string of the molecule is CC(C)(C)c1nnsc1C(=O)N1C[C@@H]2CCCN[C@@H]2C1. The zero-order chi connectivity index (χ0) is 14.3. The van der Waals surface area contributed by atoms with Gasteiger partial charge in [0.25, 0.3) is 5.91 Å². The minimum atomic E-state index is -0.136. The van der Waals surface area contributed by atoms with E-state index in [0.29, 0.717) is 12.0 Å². The molecule has 20 heavy (non-hydrogen) atoms. The van der Waals surface area contributed by atoms with Crippen molar-refractivity contribution in [2.24, 2.45) is 5.92 Å². The van der Waals surface area contributed by atoms with Crippen molar-refractivity contribution in [1.29, 1.82) is 0 Å². The van der Waals surface area contributed by atoms with Gasteiger partial charge in [-0.05, 0) is 36.8 Å². The molecule has 0 saturated carbocycles. The van der Waals surface area contributed by atoms with Crippen molar-refractivity contribution in [3.63, 3.8) is 0 Å². The fourth-order valence-electron chi connectivity index (χ4n) is 3.18. The highest BCUT2D eigenvalue weighted by atomic mass is 32.1. The predicted molar refractivity (Wildman–Crippen MR) is 79.0 cm³/mol. The molecule has 3 heterocycles. The molecule has 2 aliphatic rings. The summed E-state index contributed by atoms with van der Waals surface area (Å²) >= 11 is 1.23. The normalized spacial score (nSPS) is 26.6. The van der Waals surface area contributed by atoms with Crippen molar-refractivity contribution in [3.8, 4) is 0 Å². The summed E-state index contributed by atoms with van der Waals surface area (Å²) in [6.45, 7) is 9.00. The first-order valence-corrected chi connectivity index (χ1v) is 8.09. The minimum Gasteiger partial charge on any atom is -0.336 e. The minimum absolute atomic E-state index is 0.112. The Balaban J connectivity index is 1.79. The van der Waals surface area contributed by atoms with Gasteiger partial charge in [0.05, 0.1) is 5.69 Å². The molecule has 0 spiro atoms. The van der Waals surface area contributed by atoms with Crippen LogP contribution in [-0.4, -0.2) is 46.1 Å². The Labute approximate surface area is 123 Å². The predicted octanol–water partition coefficient (Wildman–Crippen LogP) is 1.66. The Kier molecular flexibility index (Phi) is 3.54. The zero-order valence-corrected chi connectivity index (χ0v) is 13.2. The third-order valence-electron chi connectivity index (χ3n) is 4.28. The number of piperidine rings is 1. The molecule has 0 aromatic carbocycles. The van der Waals surface area contributed by atoms with Gasteiger partial charge in [-0.25, -0.2) is 0 Å². The molecule has 0 aliphatic carbocycles. The monoisotopic (exact) mass is 294 g/mol. The van der Waals surface area contributed by atoms with Gasteiger partial charge in [-0.3, -0.25) is 4.79 Å². The van der Waals surface area contributed by atoms with E-state index in [4.69, 9.17) is 0 Å². The number of fused-ring (bicyclic) bond motifs is 1. The van der Waals surface area contributed by atoms with Gasteiger partial charge in [-0.2, -0.15) is 0 Å². The number of carbonyl (C=O) groups is 1. The van der Waals surface area contributed by atoms with Crippen LogP contribution >= 0.6 is 11.5 Å². The molecule has 2 fully saturated rings. The molecule has 1 aromatic heterocycles. The molecule has 0 radical (unpaired) electrons. The van der Waals surface area contributed by atoms with Crippen molar-refractivity contribution in [2.75, 3.05) is 19.6 Å². The molecule has 6 heteroatoms. The second kappa shape index (κ2) is 5.07. The van der Waals surface area contributed by atoms with E-state index in [1.807, 2.05) is 4.90 Å². The van der Waals surface area contributed by atoms with Crippen LogP contribution in [0.1, 0.15) is 49.0 Å². The first kappa shape index (κ1) is 13.9. The smallest absolute Gasteiger partial charge is 0.267 e. The molecule has 0 bridgehead atoms. The van der Waals surface area contributed by atoms with Crippen molar-refractivity contribution < 1.29 is 4.79 Å². The molecule has 3 rings (SSSR count). The van der Waals surface area contributed by atoms with Crippen LogP contribution < -0.4 is 5.32 Å². The lowest BCUT2D eigenvalue weighted by Crippen LogP contribution is -2.41. The highest BCUT2D eigenvalue weighted by Crippen LogP contribution is 2.30. The van der Waals surface area contributed by atoms with Crippen molar-refractivity contribution in [3.05, 3.63) is 10.6 Å². The summed E-state index contributed by atoms with van der Waals surface area (Å²) in [5.74, 6) is 0.729. The summed E-state index contributed by atoms with van der Waals surface area (Å²) in [6.07, 6.45) is 2.45. The fourth-order valence-corrected chi connectivity index (χ4v) is 4.02. The second-order valence-corrected chi connectivity index (χ2v) is 7.63. The number of likely N-dealkylation sites (tertiary alicyclic amines) is 1. The summed E-state index contributed by atoms with van der Waals surface area (Å²) in [6, 6.07) is 0.478. The van der Waals surface area contributed by atoms with E-state index in [2.05, 4.69) is 35.7 Å². The van der Waals surface area contributed by atoms with Crippen LogP contribution in [0.25, 0.3) is 0 Å². The molecule has 1 amide bonds. The maximum Gasteiger partial charge on any atom is 0.267 e. The molecule has 2 atom stereocenters. The molecule has 2 saturated heterocycles. The lowest BCUT2D eigenvalue weighted by atomic mass is 9.91. The summed E-state index contributed by atoms with van der Waals surface area (Å²) in [5.41, 5.74) is 0.693. The third-order valence-corrected chi connectivity index (χ3v) is 4.99. The van der Waals surface area contributed by atoms with Gasteiger partial charge >= 0.3 is 0 Å². The molecular weight excluding hydrogens is 272 g/mol. The lowest BCUT2D eigenvalue weighted by molar-refractivity contribution is 0.0787. The van der Waals surface area contributed by atoms with Crippen molar-refractivity contribution in [2.45, 2.75) is 45.1 Å². The summed E-state index contributed by atoms with van der Waals surface area (Å²) in [7, 11) is 0. The van der Waals surface area contributed by atoms with Gasteiger partial charge in [0, 0.05) is 24.5 Å². The van der Waals surface area contributed by atoms with Crippen LogP contribution in [0.2, 0.25) is 0 Å². The first-order valence-electron chi connectivity index (χ1n) is 7.32. The van der Waals surface area contributed by atoms with Crippen LogP contribution in [0.4, 0.5) is 0 Å². The quantitative estimate of drug-likeness (QED) is 0.856. The van der Waals surface area contributed by atoms with Crippen molar-refractivity contribution >= 4 is 17.4 Å². The largest absolute Gasteiger partial charge is 0.336 e. The summed E-state index contributed by atoms with van der Waals surface area (Å²) in [5, 5.41) is 7.71. The number of nitrogens with one attached hydrogen (secondary N) is 1. The molecule has 5 nitrogen and oxygen atoms in total. The molecule has 110 valence electrons. The molecule has 0 unspecified atom stereocenters. The standard InChI is InChI=1S/C14H22N4OS/c1-14(2,3)12-11(20-17-16-12)13(19)18-7-9-5-4-6-15-10(9)8-18/h9-10,15H,4-8H2,1-3H3/t9-,10+/m0/s1.